The number of nitrogens with zero attached hydrogens (tertiary/aromatic N) is 2. The van der Waals surface area contributed by atoms with Crippen LogP contribution in [0, 0.1) is 0 Å². The van der Waals surface area contributed by atoms with Crippen molar-refractivity contribution in [3.05, 3.63) is 0 Å². The summed E-state index contributed by atoms with van der Waals surface area (Å²) >= 11 is 0. The molecule has 0 unspecified atom stereocenters. The first-order chi connectivity index (χ1) is 4.36. The quantitative estimate of drug-likeness (QED) is 0.536. The molecule has 0 aromatic heterocycles. The molecule has 0 atom stereocenters. The predicted molar refractivity (Wildman–Crippen MR) is 46.5 cm³/mol. The van der Waals surface area contributed by atoms with Crippen molar-refractivity contribution in [3.8, 4) is 0 Å². The Morgan fingerprint density at radius 2 is 1.60 bits per heavy atom. The first-order valence-electron chi connectivity index (χ1n) is 3.57. The van der Waals surface area contributed by atoms with Crippen molar-refractivity contribution in [1.82, 2.24) is 4.90 Å². The molecule has 0 aliphatic rings. The highest BCUT2D eigenvalue weighted by Gasteiger charge is 2.17. The van der Waals surface area contributed by atoms with Crippen LogP contribution in [0.15, 0.2) is 4.99 Å². The molecule has 10 heavy (non-hydrogen) atoms. The minimum Gasteiger partial charge on any atom is -0.286 e. The normalized spacial score (nSPS) is 11.9. The second kappa shape index (κ2) is 3.15. The molecule has 0 aromatic carbocycles. The molecular formula is C8H18N2. The Morgan fingerprint density at radius 1 is 1.20 bits per heavy atom. The minimum absolute atomic E-state index is 0.0567. The maximum Gasteiger partial charge on any atom is 0.106 e. The Bertz CT molecular complexity index is 130. The summed E-state index contributed by atoms with van der Waals surface area (Å²) in [5.41, 5.74) is 1.07. The maximum absolute atomic E-state index is 4.45. The molecule has 2 nitrogen and oxygen atoms in total. The van der Waals surface area contributed by atoms with Gasteiger partial charge < -0.3 is 0 Å². The van der Waals surface area contributed by atoms with Crippen molar-refractivity contribution in [3.63, 3.8) is 0 Å². The molecule has 0 saturated carbocycles. The van der Waals surface area contributed by atoms with Crippen LogP contribution in [0.4, 0.5) is 0 Å². The van der Waals surface area contributed by atoms with E-state index in [-0.39, 0.29) is 5.66 Å². The third-order valence-electron chi connectivity index (χ3n) is 1.59. The third kappa shape index (κ3) is 2.97. The summed E-state index contributed by atoms with van der Waals surface area (Å²) in [5, 5.41) is 0. The molecule has 0 heterocycles. The van der Waals surface area contributed by atoms with Gasteiger partial charge in [0.15, 0.2) is 0 Å². The highest BCUT2D eigenvalue weighted by atomic mass is 15.2. The molecule has 2 heteroatoms. The summed E-state index contributed by atoms with van der Waals surface area (Å²) in [6, 6.07) is 0. The minimum atomic E-state index is -0.0567. The summed E-state index contributed by atoms with van der Waals surface area (Å²) in [6.45, 7) is 8.23. The predicted octanol–water partition coefficient (Wildman–Crippen LogP) is 1.76. The van der Waals surface area contributed by atoms with E-state index in [1.807, 2.05) is 27.9 Å². The van der Waals surface area contributed by atoms with E-state index in [1.165, 1.54) is 0 Å². The van der Waals surface area contributed by atoms with E-state index in [9.17, 15) is 0 Å². The van der Waals surface area contributed by atoms with Gasteiger partial charge in [-0.15, -0.1) is 0 Å². The lowest BCUT2D eigenvalue weighted by atomic mass is 10.2. The topological polar surface area (TPSA) is 15.6 Å². The number of aliphatic imine (C=N–C) groups is 1. The van der Waals surface area contributed by atoms with Crippen LogP contribution in [0.5, 0.6) is 0 Å². The molecule has 0 rings (SSSR count). The lowest BCUT2D eigenvalue weighted by molar-refractivity contribution is 0.206. The molecule has 0 bridgehead atoms. The van der Waals surface area contributed by atoms with Crippen molar-refractivity contribution in [2.75, 3.05) is 14.1 Å². The zero-order chi connectivity index (χ0) is 8.36. The number of hydrogen-bond donors (Lipinski definition) is 0. The molecule has 0 aromatic rings. The molecule has 0 fully saturated rings. The van der Waals surface area contributed by atoms with Crippen LogP contribution in [0.2, 0.25) is 0 Å². The molecule has 0 N–H and O–H groups in total. The number of rotatable bonds is 2. The van der Waals surface area contributed by atoms with Crippen LogP contribution in [-0.2, 0) is 0 Å². The Morgan fingerprint density at radius 3 is 1.70 bits per heavy atom. The Kier molecular flexibility index (Phi) is 3.03. The van der Waals surface area contributed by atoms with Crippen LogP contribution < -0.4 is 0 Å². The van der Waals surface area contributed by atoms with E-state index in [1.54, 1.807) is 0 Å². The van der Waals surface area contributed by atoms with E-state index >= 15 is 0 Å². The molecule has 0 spiro atoms. The van der Waals surface area contributed by atoms with E-state index in [4.69, 9.17) is 0 Å². The van der Waals surface area contributed by atoms with Crippen LogP contribution in [0.25, 0.3) is 0 Å². The van der Waals surface area contributed by atoms with Gasteiger partial charge in [0.2, 0.25) is 0 Å². The zero-order valence-corrected chi connectivity index (χ0v) is 7.89. The summed E-state index contributed by atoms with van der Waals surface area (Å²) in [4.78, 5) is 6.55. The Labute approximate surface area is 63.9 Å². The van der Waals surface area contributed by atoms with Crippen molar-refractivity contribution in [2.24, 2.45) is 4.99 Å². The second-order valence-electron chi connectivity index (χ2n) is 3.45. The Balaban J connectivity index is 4.27. The van der Waals surface area contributed by atoms with Crippen molar-refractivity contribution in [2.45, 2.75) is 33.4 Å². The van der Waals surface area contributed by atoms with Gasteiger partial charge in [0, 0.05) is 5.71 Å². The fraction of sp³-hybridized carbons (Fsp3) is 0.875. The average Bonchev–Trinajstić information content (AvgIpc) is 1.60. The average molecular weight is 142 g/mol. The summed E-state index contributed by atoms with van der Waals surface area (Å²) in [5.74, 6) is 0. The standard InChI is InChI=1S/C8H18N2/c1-7(2)9-8(3,4)10(5)6/h1-6H3. The lowest BCUT2D eigenvalue weighted by Gasteiger charge is -2.28. The largest absolute Gasteiger partial charge is 0.286 e. The van der Waals surface area contributed by atoms with Gasteiger partial charge in [0.1, 0.15) is 5.66 Å². The van der Waals surface area contributed by atoms with Crippen molar-refractivity contribution >= 4 is 5.71 Å². The second-order valence-corrected chi connectivity index (χ2v) is 3.45. The third-order valence-corrected chi connectivity index (χ3v) is 1.59. The first kappa shape index (κ1) is 9.63. The van der Waals surface area contributed by atoms with E-state index in [0.717, 1.165) is 5.71 Å². The van der Waals surface area contributed by atoms with Crippen molar-refractivity contribution < 1.29 is 0 Å². The molecule has 0 aliphatic carbocycles. The van der Waals surface area contributed by atoms with Gasteiger partial charge in [-0.2, -0.15) is 0 Å². The summed E-state index contributed by atoms with van der Waals surface area (Å²) < 4.78 is 0. The van der Waals surface area contributed by atoms with Gasteiger partial charge >= 0.3 is 0 Å². The summed E-state index contributed by atoms with van der Waals surface area (Å²) in [7, 11) is 4.07. The molecule has 60 valence electrons. The SMILES string of the molecule is CC(C)=NC(C)(C)N(C)C. The molecule has 0 amide bonds. The highest BCUT2D eigenvalue weighted by Crippen LogP contribution is 2.11. The smallest absolute Gasteiger partial charge is 0.106 e. The Hall–Kier alpha value is -0.370. The first-order valence-corrected chi connectivity index (χ1v) is 3.57. The van der Waals surface area contributed by atoms with Gasteiger partial charge in [-0.1, -0.05) is 0 Å². The molecular weight excluding hydrogens is 124 g/mol. The van der Waals surface area contributed by atoms with Gasteiger partial charge in [-0.05, 0) is 41.8 Å². The molecule has 0 saturated heterocycles. The van der Waals surface area contributed by atoms with E-state index in [0.29, 0.717) is 0 Å². The lowest BCUT2D eigenvalue weighted by Crippen LogP contribution is -2.36. The number of hydrogen-bond acceptors (Lipinski definition) is 2. The van der Waals surface area contributed by atoms with Gasteiger partial charge in [0.25, 0.3) is 0 Å². The van der Waals surface area contributed by atoms with Crippen LogP contribution in [0.1, 0.15) is 27.7 Å². The fourth-order valence-electron chi connectivity index (χ4n) is 0.647. The fourth-order valence-corrected chi connectivity index (χ4v) is 0.647. The summed E-state index contributed by atoms with van der Waals surface area (Å²) in [6.07, 6.45) is 0. The van der Waals surface area contributed by atoms with Gasteiger partial charge in [-0.25, -0.2) is 0 Å². The monoisotopic (exact) mass is 142 g/mol. The molecule has 0 radical (unpaired) electrons. The zero-order valence-electron chi connectivity index (χ0n) is 7.89. The van der Waals surface area contributed by atoms with E-state index < -0.39 is 0 Å². The van der Waals surface area contributed by atoms with Gasteiger partial charge in [-0.3, -0.25) is 9.89 Å². The highest BCUT2D eigenvalue weighted by molar-refractivity contribution is 5.79. The van der Waals surface area contributed by atoms with Crippen LogP contribution >= 0.6 is 0 Å². The van der Waals surface area contributed by atoms with Crippen LogP contribution in [0.3, 0.4) is 0 Å². The molecule has 0 aliphatic heterocycles. The maximum atomic E-state index is 4.45. The van der Waals surface area contributed by atoms with Crippen LogP contribution in [-0.4, -0.2) is 30.4 Å². The van der Waals surface area contributed by atoms with E-state index in [2.05, 4.69) is 23.7 Å². The van der Waals surface area contributed by atoms with Gasteiger partial charge in [0.05, 0.1) is 0 Å². The van der Waals surface area contributed by atoms with Crippen molar-refractivity contribution in [1.29, 1.82) is 0 Å².